The molecule has 0 unspecified atom stereocenters. The lowest BCUT2D eigenvalue weighted by molar-refractivity contribution is -0.123. The summed E-state index contributed by atoms with van der Waals surface area (Å²) in [5.41, 5.74) is 6.80. The maximum atomic E-state index is 11.9. The molecule has 0 spiro atoms. The first kappa shape index (κ1) is 15.9. The lowest BCUT2D eigenvalue weighted by Gasteiger charge is -2.19. The van der Waals surface area contributed by atoms with Crippen LogP contribution in [-0.4, -0.2) is 31.1 Å². The van der Waals surface area contributed by atoms with Crippen LogP contribution in [0.25, 0.3) is 0 Å². The molecule has 1 aromatic carbocycles. The standard InChI is InChI=1S/C14H22N2O2S/c1-10(11-6-4-5-7-13(11)18-2)16-14(17)12(15)8-9-19-3/h4-7,10,12H,8-9,15H2,1-3H3,(H,16,17)/t10-,12-/m0/s1. The van der Waals surface area contributed by atoms with Crippen molar-refractivity contribution >= 4 is 17.7 Å². The van der Waals surface area contributed by atoms with Gasteiger partial charge >= 0.3 is 0 Å². The van der Waals surface area contributed by atoms with Crippen molar-refractivity contribution in [3.05, 3.63) is 29.8 Å². The van der Waals surface area contributed by atoms with Crippen LogP contribution < -0.4 is 15.8 Å². The first-order valence-electron chi connectivity index (χ1n) is 6.28. The van der Waals surface area contributed by atoms with E-state index in [1.54, 1.807) is 18.9 Å². The Morgan fingerprint density at radius 2 is 2.16 bits per heavy atom. The number of hydrogen-bond acceptors (Lipinski definition) is 4. The molecule has 1 rings (SSSR count). The fourth-order valence-corrected chi connectivity index (χ4v) is 2.29. The molecule has 0 radical (unpaired) electrons. The summed E-state index contributed by atoms with van der Waals surface area (Å²) in [6.45, 7) is 1.93. The van der Waals surface area contributed by atoms with Gasteiger partial charge in [-0.15, -0.1) is 0 Å². The number of benzene rings is 1. The lowest BCUT2D eigenvalue weighted by atomic mass is 10.1. The summed E-state index contributed by atoms with van der Waals surface area (Å²) in [7, 11) is 1.62. The Balaban J connectivity index is 2.63. The van der Waals surface area contributed by atoms with E-state index in [2.05, 4.69) is 5.32 Å². The monoisotopic (exact) mass is 282 g/mol. The molecule has 4 nitrogen and oxygen atoms in total. The van der Waals surface area contributed by atoms with Crippen LogP contribution in [-0.2, 0) is 4.79 Å². The normalized spacial score (nSPS) is 13.7. The molecular weight excluding hydrogens is 260 g/mol. The average Bonchev–Trinajstić information content (AvgIpc) is 2.44. The van der Waals surface area contributed by atoms with E-state index >= 15 is 0 Å². The zero-order valence-electron chi connectivity index (χ0n) is 11.7. The number of rotatable bonds is 7. The summed E-state index contributed by atoms with van der Waals surface area (Å²) >= 11 is 1.69. The van der Waals surface area contributed by atoms with E-state index in [-0.39, 0.29) is 11.9 Å². The zero-order valence-corrected chi connectivity index (χ0v) is 12.5. The summed E-state index contributed by atoms with van der Waals surface area (Å²) in [6, 6.07) is 7.08. The fourth-order valence-electron chi connectivity index (χ4n) is 1.80. The smallest absolute Gasteiger partial charge is 0.237 e. The highest BCUT2D eigenvalue weighted by Crippen LogP contribution is 2.24. The summed E-state index contributed by atoms with van der Waals surface area (Å²) in [5.74, 6) is 1.54. The predicted octanol–water partition coefficient (Wildman–Crippen LogP) is 1.95. The predicted molar refractivity (Wildman–Crippen MR) is 80.5 cm³/mol. The SMILES string of the molecule is COc1ccccc1[C@H](C)NC(=O)[C@@H](N)CCSC. The van der Waals surface area contributed by atoms with Crippen LogP contribution in [0, 0.1) is 0 Å². The van der Waals surface area contributed by atoms with Crippen molar-refractivity contribution < 1.29 is 9.53 Å². The van der Waals surface area contributed by atoms with Gasteiger partial charge in [0.25, 0.3) is 0 Å². The molecule has 3 N–H and O–H groups in total. The van der Waals surface area contributed by atoms with Crippen LogP contribution in [0.1, 0.15) is 24.9 Å². The second kappa shape index (κ2) is 8.07. The highest BCUT2D eigenvalue weighted by molar-refractivity contribution is 7.98. The fraction of sp³-hybridized carbons (Fsp3) is 0.500. The second-order valence-corrected chi connectivity index (χ2v) is 5.35. The van der Waals surface area contributed by atoms with Gasteiger partial charge in [0.05, 0.1) is 19.2 Å². The Morgan fingerprint density at radius 3 is 2.79 bits per heavy atom. The molecule has 106 valence electrons. The van der Waals surface area contributed by atoms with E-state index in [4.69, 9.17) is 10.5 Å². The minimum atomic E-state index is -0.454. The molecule has 0 aromatic heterocycles. The zero-order chi connectivity index (χ0) is 14.3. The van der Waals surface area contributed by atoms with Gasteiger partial charge in [0, 0.05) is 5.56 Å². The van der Waals surface area contributed by atoms with Gasteiger partial charge in [-0.05, 0) is 31.4 Å². The number of carbonyl (C=O) groups excluding carboxylic acids is 1. The third-order valence-electron chi connectivity index (χ3n) is 2.93. The summed E-state index contributed by atoms with van der Waals surface area (Å²) in [5, 5.41) is 2.93. The van der Waals surface area contributed by atoms with Gasteiger partial charge in [-0.25, -0.2) is 0 Å². The number of thioether (sulfide) groups is 1. The van der Waals surface area contributed by atoms with Crippen LogP contribution in [0.15, 0.2) is 24.3 Å². The quantitative estimate of drug-likeness (QED) is 0.802. The Morgan fingerprint density at radius 1 is 1.47 bits per heavy atom. The van der Waals surface area contributed by atoms with Crippen LogP contribution in [0.4, 0.5) is 0 Å². The Kier molecular flexibility index (Phi) is 6.73. The first-order valence-corrected chi connectivity index (χ1v) is 7.67. The number of methoxy groups -OCH3 is 1. The van der Waals surface area contributed by atoms with E-state index in [1.807, 2.05) is 37.4 Å². The van der Waals surface area contributed by atoms with Crippen LogP contribution >= 0.6 is 11.8 Å². The van der Waals surface area contributed by atoms with Crippen LogP contribution in [0.3, 0.4) is 0 Å². The molecule has 0 aliphatic carbocycles. The summed E-state index contributed by atoms with van der Waals surface area (Å²) in [6.07, 6.45) is 2.69. The Labute approximate surface area is 119 Å². The molecule has 0 heterocycles. The van der Waals surface area contributed by atoms with E-state index in [1.165, 1.54) is 0 Å². The van der Waals surface area contributed by atoms with E-state index < -0.39 is 6.04 Å². The van der Waals surface area contributed by atoms with Crippen molar-refractivity contribution in [2.24, 2.45) is 5.73 Å². The highest BCUT2D eigenvalue weighted by Gasteiger charge is 2.18. The molecule has 19 heavy (non-hydrogen) atoms. The number of ether oxygens (including phenoxy) is 1. The number of para-hydroxylation sites is 1. The maximum absolute atomic E-state index is 11.9. The van der Waals surface area contributed by atoms with Crippen molar-refractivity contribution in [2.45, 2.75) is 25.4 Å². The van der Waals surface area contributed by atoms with Gasteiger partial charge in [0.2, 0.25) is 5.91 Å². The van der Waals surface area contributed by atoms with Gasteiger partial charge in [-0.2, -0.15) is 11.8 Å². The molecule has 0 aliphatic heterocycles. The van der Waals surface area contributed by atoms with Crippen molar-refractivity contribution in [3.8, 4) is 5.75 Å². The number of nitrogens with two attached hydrogens (primary N) is 1. The van der Waals surface area contributed by atoms with Gasteiger partial charge < -0.3 is 15.8 Å². The lowest BCUT2D eigenvalue weighted by Crippen LogP contribution is -2.42. The van der Waals surface area contributed by atoms with Crippen molar-refractivity contribution in [2.75, 3.05) is 19.1 Å². The number of carbonyl (C=O) groups is 1. The van der Waals surface area contributed by atoms with Crippen LogP contribution in [0.5, 0.6) is 5.75 Å². The number of hydrogen-bond donors (Lipinski definition) is 2. The van der Waals surface area contributed by atoms with Gasteiger partial charge in [-0.3, -0.25) is 4.79 Å². The minimum Gasteiger partial charge on any atom is -0.496 e. The van der Waals surface area contributed by atoms with Gasteiger partial charge in [0.1, 0.15) is 5.75 Å². The third-order valence-corrected chi connectivity index (χ3v) is 3.58. The number of amides is 1. The summed E-state index contributed by atoms with van der Waals surface area (Å²) in [4.78, 5) is 11.9. The van der Waals surface area contributed by atoms with Gasteiger partial charge in [0.15, 0.2) is 0 Å². The van der Waals surface area contributed by atoms with E-state index in [9.17, 15) is 4.79 Å². The number of nitrogens with one attached hydrogen (secondary N) is 1. The maximum Gasteiger partial charge on any atom is 0.237 e. The molecule has 0 bridgehead atoms. The van der Waals surface area contributed by atoms with E-state index in [0.29, 0.717) is 6.42 Å². The van der Waals surface area contributed by atoms with Crippen molar-refractivity contribution in [1.82, 2.24) is 5.32 Å². The molecule has 0 saturated heterocycles. The molecule has 0 aliphatic rings. The molecule has 0 saturated carbocycles. The van der Waals surface area contributed by atoms with Crippen molar-refractivity contribution in [1.29, 1.82) is 0 Å². The third kappa shape index (κ3) is 4.76. The van der Waals surface area contributed by atoms with Crippen LogP contribution in [0.2, 0.25) is 0 Å². The molecule has 0 fully saturated rings. The van der Waals surface area contributed by atoms with E-state index in [0.717, 1.165) is 17.1 Å². The largest absolute Gasteiger partial charge is 0.496 e. The molecule has 5 heteroatoms. The molecule has 1 aromatic rings. The molecule has 2 atom stereocenters. The highest BCUT2D eigenvalue weighted by atomic mass is 32.2. The van der Waals surface area contributed by atoms with Gasteiger partial charge in [-0.1, -0.05) is 18.2 Å². The molecular formula is C14H22N2O2S. The minimum absolute atomic E-state index is 0.118. The Bertz CT molecular complexity index is 412. The summed E-state index contributed by atoms with van der Waals surface area (Å²) < 4.78 is 5.29. The first-order chi connectivity index (χ1) is 9.10. The van der Waals surface area contributed by atoms with Crippen molar-refractivity contribution in [3.63, 3.8) is 0 Å². The topological polar surface area (TPSA) is 64.3 Å². The molecule has 1 amide bonds. The average molecular weight is 282 g/mol. The second-order valence-electron chi connectivity index (χ2n) is 4.36. The Hall–Kier alpha value is -1.20.